The van der Waals surface area contributed by atoms with Crippen molar-refractivity contribution in [3.05, 3.63) is 10.4 Å². The molecule has 0 fully saturated rings. The SMILES string of the molecule is CCCCCCC(CO)C(O)C(C)(O)CN=[N+]=[N-]. The monoisotopic (exact) mass is 259 g/mol. The summed E-state index contributed by atoms with van der Waals surface area (Å²) >= 11 is 0. The third-order valence-corrected chi connectivity index (χ3v) is 3.20. The van der Waals surface area contributed by atoms with Gasteiger partial charge in [-0.3, -0.25) is 0 Å². The fourth-order valence-corrected chi connectivity index (χ4v) is 1.96. The Balaban J connectivity index is 4.30. The molecule has 6 nitrogen and oxygen atoms in total. The molecule has 0 saturated carbocycles. The summed E-state index contributed by atoms with van der Waals surface area (Å²) < 4.78 is 0. The molecule has 0 spiro atoms. The summed E-state index contributed by atoms with van der Waals surface area (Å²) in [7, 11) is 0. The van der Waals surface area contributed by atoms with Crippen LogP contribution in [0, 0.1) is 5.92 Å². The Bertz CT molecular complexity index is 265. The van der Waals surface area contributed by atoms with Crippen molar-refractivity contribution >= 4 is 0 Å². The highest BCUT2D eigenvalue weighted by Crippen LogP contribution is 2.23. The van der Waals surface area contributed by atoms with Gasteiger partial charge in [0.1, 0.15) is 0 Å². The van der Waals surface area contributed by atoms with Crippen molar-refractivity contribution in [1.29, 1.82) is 0 Å². The summed E-state index contributed by atoms with van der Waals surface area (Å²) in [5.41, 5.74) is 6.73. The van der Waals surface area contributed by atoms with Crippen LogP contribution in [0.1, 0.15) is 46.0 Å². The highest BCUT2D eigenvalue weighted by molar-refractivity contribution is 4.88. The Kier molecular flexibility index (Phi) is 8.75. The second-order valence-electron chi connectivity index (χ2n) is 4.98. The zero-order valence-corrected chi connectivity index (χ0v) is 11.3. The molecule has 0 aromatic rings. The van der Waals surface area contributed by atoms with Crippen LogP contribution in [0.15, 0.2) is 5.11 Å². The molecule has 18 heavy (non-hydrogen) atoms. The first kappa shape index (κ1) is 17.2. The molecule has 0 rings (SSSR count). The number of unbranched alkanes of at least 4 members (excludes halogenated alkanes) is 3. The standard InChI is InChI=1S/C12H25N3O3/c1-3-4-5-6-7-10(8-16)11(17)12(2,18)9-14-15-13/h10-11,16-18H,3-9H2,1-2H3. The predicted molar refractivity (Wildman–Crippen MR) is 70.0 cm³/mol. The summed E-state index contributed by atoms with van der Waals surface area (Å²) in [6.45, 7) is 3.15. The first-order chi connectivity index (χ1) is 8.49. The predicted octanol–water partition coefficient (Wildman–Crippen LogP) is 1.99. The van der Waals surface area contributed by atoms with Gasteiger partial charge in [0.05, 0.1) is 18.2 Å². The van der Waals surface area contributed by atoms with E-state index in [0.29, 0.717) is 6.42 Å². The molecular formula is C12H25N3O3. The molecule has 0 heterocycles. The van der Waals surface area contributed by atoms with Crippen molar-refractivity contribution in [1.82, 2.24) is 0 Å². The topological polar surface area (TPSA) is 109 Å². The lowest BCUT2D eigenvalue weighted by Gasteiger charge is -2.32. The van der Waals surface area contributed by atoms with E-state index < -0.39 is 11.7 Å². The normalized spacial score (nSPS) is 17.6. The van der Waals surface area contributed by atoms with E-state index in [9.17, 15) is 15.3 Å². The first-order valence-electron chi connectivity index (χ1n) is 6.51. The number of azide groups is 1. The van der Waals surface area contributed by atoms with E-state index in [1.165, 1.54) is 6.92 Å². The van der Waals surface area contributed by atoms with Gasteiger partial charge < -0.3 is 15.3 Å². The van der Waals surface area contributed by atoms with Gasteiger partial charge in [0.2, 0.25) is 0 Å². The van der Waals surface area contributed by atoms with Gasteiger partial charge in [-0.25, -0.2) is 0 Å². The molecule has 0 aromatic heterocycles. The molecule has 106 valence electrons. The highest BCUT2D eigenvalue weighted by atomic mass is 16.3. The van der Waals surface area contributed by atoms with Gasteiger partial charge in [-0.05, 0) is 18.9 Å². The molecule has 0 aliphatic rings. The van der Waals surface area contributed by atoms with Crippen LogP contribution in [0.5, 0.6) is 0 Å². The maximum absolute atomic E-state index is 10.0. The summed E-state index contributed by atoms with van der Waals surface area (Å²) in [5, 5.41) is 32.6. The summed E-state index contributed by atoms with van der Waals surface area (Å²) in [6.07, 6.45) is 3.79. The highest BCUT2D eigenvalue weighted by Gasteiger charge is 2.35. The van der Waals surface area contributed by atoms with Gasteiger partial charge in [0.15, 0.2) is 0 Å². The second kappa shape index (κ2) is 9.16. The molecule has 3 atom stereocenters. The largest absolute Gasteiger partial charge is 0.396 e. The molecule has 6 heteroatoms. The molecule has 0 aromatic carbocycles. The minimum atomic E-state index is -1.50. The summed E-state index contributed by atoms with van der Waals surface area (Å²) in [6, 6.07) is 0. The Hall–Kier alpha value is -0.810. The van der Waals surface area contributed by atoms with E-state index in [0.717, 1.165) is 25.7 Å². The Morgan fingerprint density at radius 3 is 2.50 bits per heavy atom. The number of hydrogen-bond acceptors (Lipinski definition) is 4. The lowest BCUT2D eigenvalue weighted by Crippen LogP contribution is -2.47. The average Bonchev–Trinajstić information content (AvgIpc) is 2.36. The number of nitrogens with zero attached hydrogens (tertiary/aromatic N) is 3. The molecule has 0 aliphatic carbocycles. The fraction of sp³-hybridized carbons (Fsp3) is 1.00. The van der Waals surface area contributed by atoms with Gasteiger partial charge in [-0.2, -0.15) is 0 Å². The van der Waals surface area contributed by atoms with Crippen molar-refractivity contribution < 1.29 is 15.3 Å². The first-order valence-corrected chi connectivity index (χ1v) is 6.51. The summed E-state index contributed by atoms with van der Waals surface area (Å²) in [4.78, 5) is 2.57. The van der Waals surface area contributed by atoms with Gasteiger partial charge in [-0.15, -0.1) is 0 Å². The third-order valence-electron chi connectivity index (χ3n) is 3.20. The third kappa shape index (κ3) is 6.21. The Morgan fingerprint density at radius 2 is 2.00 bits per heavy atom. The quantitative estimate of drug-likeness (QED) is 0.241. The van der Waals surface area contributed by atoms with E-state index in [1.54, 1.807) is 0 Å². The van der Waals surface area contributed by atoms with Crippen molar-refractivity contribution in [2.24, 2.45) is 11.0 Å². The van der Waals surface area contributed by atoms with E-state index >= 15 is 0 Å². The van der Waals surface area contributed by atoms with Crippen molar-refractivity contribution in [2.45, 2.75) is 57.7 Å². The maximum Gasteiger partial charge on any atom is 0.0937 e. The van der Waals surface area contributed by atoms with E-state index in [-0.39, 0.29) is 19.1 Å². The van der Waals surface area contributed by atoms with Crippen LogP contribution in [0.25, 0.3) is 10.4 Å². The van der Waals surface area contributed by atoms with E-state index in [1.807, 2.05) is 0 Å². The van der Waals surface area contributed by atoms with Gasteiger partial charge >= 0.3 is 0 Å². The number of rotatable bonds is 10. The van der Waals surface area contributed by atoms with Gasteiger partial charge in [-0.1, -0.05) is 37.7 Å². The smallest absolute Gasteiger partial charge is 0.0937 e. The molecule has 3 N–H and O–H groups in total. The zero-order chi connectivity index (χ0) is 14.0. The molecule has 0 bridgehead atoms. The number of aliphatic hydroxyl groups excluding tert-OH is 2. The van der Waals surface area contributed by atoms with Crippen LogP contribution in [0.4, 0.5) is 0 Å². The molecule has 0 saturated heterocycles. The zero-order valence-electron chi connectivity index (χ0n) is 11.3. The van der Waals surface area contributed by atoms with E-state index in [2.05, 4.69) is 16.9 Å². The fourth-order valence-electron chi connectivity index (χ4n) is 1.96. The van der Waals surface area contributed by atoms with Crippen LogP contribution < -0.4 is 0 Å². The minimum Gasteiger partial charge on any atom is -0.396 e. The van der Waals surface area contributed by atoms with Crippen molar-refractivity contribution in [3.63, 3.8) is 0 Å². The average molecular weight is 259 g/mol. The lowest BCUT2D eigenvalue weighted by molar-refractivity contribution is -0.0935. The van der Waals surface area contributed by atoms with E-state index in [4.69, 9.17) is 5.53 Å². The Labute approximate surface area is 108 Å². The van der Waals surface area contributed by atoms with Crippen molar-refractivity contribution in [3.8, 4) is 0 Å². The lowest BCUT2D eigenvalue weighted by atomic mass is 9.85. The number of hydrogen-bond donors (Lipinski definition) is 3. The van der Waals surface area contributed by atoms with Gasteiger partial charge in [0, 0.05) is 17.4 Å². The molecular weight excluding hydrogens is 234 g/mol. The molecule has 3 unspecified atom stereocenters. The maximum atomic E-state index is 10.0. The van der Waals surface area contributed by atoms with Crippen LogP contribution in [-0.4, -0.2) is 40.2 Å². The van der Waals surface area contributed by atoms with Gasteiger partial charge in [0.25, 0.3) is 0 Å². The molecule has 0 radical (unpaired) electrons. The number of aliphatic hydroxyl groups is 3. The van der Waals surface area contributed by atoms with Crippen LogP contribution in [-0.2, 0) is 0 Å². The minimum absolute atomic E-state index is 0.181. The Morgan fingerprint density at radius 1 is 1.33 bits per heavy atom. The van der Waals surface area contributed by atoms with Crippen LogP contribution in [0.2, 0.25) is 0 Å². The molecule has 0 amide bonds. The second-order valence-corrected chi connectivity index (χ2v) is 4.98. The summed E-state index contributed by atoms with van der Waals surface area (Å²) in [5.74, 6) is -0.384. The van der Waals surface area contributed by atoms with Crippen LogP contribution in [0.3, 0.4) is 0 Å². The van der Waals surface area contributed by atoms with Crippen molar-refractivity contribution in [2.75, 3.05) is 13.2 Å². The molecule has 0 aliphatic heterocycles. The van der Waals surface area contributed by atoms with Crippen LogP contribution >= 0.6 is 0 Å².